The van der Waals surface area contributed by atoms with E-state index in [1.165, 1.54) is 12.1 Å². The summed E-state index contributed by atoms with van der Waals surface area (Å²) in [7, 11) is 2.10. The predicted octanol–water partition coefficient (Wildman–Crippen LogP) is 1.06. The van der Waals surface area contributed by atoms with Crippen molar-refractivity contribution < 1.29 is 9.60 Å². The van der Waals surface area contributed by atoms with Gasteiger partial charge in [0, 0.05) is 37.8 Å². The molecule has 1 aliphatic rings. The fraction of sp³-hybridized carbons (Fsp3) is 0.500. The third-order valence-corrected chi connectivity index (χ3v) is 3.80. The van der Waals surface area contributed by atoms with Crippen molar-refractivity contribution in [3.8, 4) is 0 Å². The summed E-state index contributed by atoms with van der Waals surface area (Å²) in [4.78, 5) is 4.61. The van der Waals surface area contributed by atoms with Gasteiger partial charge in [-0.2, -0.15) is 0 Å². The molecule has 1 aliphatic heterocycles. The molecule has 1 aromatic rings. The summed E-state index contributed by atoms with van der Waals surface area (Å²) in [6, 6.07) is 4.84. The van der Waals surface area contributed by atoms with E-state index in [2.05, 4.69) is 28.9 Å². The van der Waals surface area contributed by atoms with Crippen LogP contribution in [0.15, 0.2) is 23.4 Å². The molecule has 0 radical (unpaired) electrons. The van der Waals surface area contributed by atoms with Crippen LogP contribution in [0.3, 0.4) is 0 Å². The molecule has 1 aromatic carbocycles. The number of halogens is 1. The molecule has 1 atom stereocenters. The van der Waals surface area contributed by atoms with Gasteiger partial charge in [-0.25, -0.2) is 4.39 Å². The molecule has 0 amide bonds. The van der Waals surface area contributed by atoms with Crippen LogP contribution in [0.2, 0.25) is 0 Å². The van der Waals surface area contributed by atoms with Crippen LogP contribution in [0.25, 0.3) is 0 Å². The number of nitrogens with zero attached hydrogens (tertiary/aromatic N) is 3. The van der Waals surface area contributed by atoms with Crippen molar-refractivity contribution in [3.05, 3.63) is 35.1 Å². The molecule has 2 rings (SSSR count). The summed E-state index contributed by atoms with van der Waals surface area (Å²) in [5.41, 5.74) is 6.96. The zero-order chi connectivity index (χ0) is 14.7. The number of piperazine rings is 1. The Hall–Kier alpha value is -1.66. The maximum absolute atomic E-state index is 13.3. The largest absolute Gasteiger partial charge is 0.409 e. The highest BCUT2D eigenvalue weighted by Gasteiger charge is 2.22. The van der Waals surface area contributed by atoms with Gasteiger partial charge in [0.2, 0.25) is 0 Å². The zero-order valence-corrected chi connectivity index (χ0v) is 11.9. The second-order valence-electron chi connectivity index (χ2n) is 5.37. The molecule has 6 heteroatoms. The third-order valence-electron chi connectivity index (χ3n) is 3.80. The molecule has 5 nitrogen and oxygen atoms in total. The van der Waals surface area contributed by atoms with Crippen LogP contribution in [-0.4, -0.2) is 53.6 Å². The average molecular weight is 280 g/mol. The first-order valence-electron chi connectivity index (χ1n) is 6.70. The van der Waals surface area contributed by atoms with Gasteiger partial charge in [0.1, 0.15) is 5.82 Å². The Labute approximate surface area is 118 Å². The van der Waals surface area contributed by atoms with Crippen LogP contribution in [-0.2, 0) is 6.54 Å². The highest BCUT2D eigenvalue weighted by molar-refractivity contribution is 5.98. The molecule has 1 fully saturated rings. The van der Waals surface area contributed by atoms with Crippen LogP contribution in [0.4, 0.5) is 4.39 Å². The fourth-order valence-electron chi connectivity index (χ4n) is 2.61. The maximum Gasteiger partial charge on any atom is 0.170 e. The Bertz CT molecular complexity index is 506. The van der Waals surface area contributed by atoms with Crippen molar-refractivity contribution >= 4 is 5.84 Å². The first kappa shape index (κ1) is 14.7. The standard InChI is InChI=1S/C14H21FN4O/c1-10-8-18(2)5-6-19(10)9-11-3-4-12(15)7-13(11)14(16)17-20/h3-4,7,10,20H,5-6,8-9H2,1-2H3,(H2,16,17). The predicted molar refractivity (Wildman–Crippen MR) is 76.3 cm³/mol. The summed E-state index contributed by atoms with van der Waals surface area (Å²) in [5, 5.41) is 11.8. The van der Waals surface area contributed by atoms with Gasteiger partial charge in [-0.15, -0.1) is 0 Å². The Balaban J connectivity index is 2.21. The molecule has 3 N–H and O–H groups in total. The van der Waals surface area contributed by atoms with Crippen LogP contribution in [0.1, 0.15) is 18.1 Å². The van der Waals surface area contributed by atoms with E-state index in [4.69, 9.17) is 10.9 Å². The van der Waals surface area contributed by atoms with E-state index >= 15 is 0 Å². The zero-order valence-electron chi connectivity index (χ0n) is 11.9. The first-order valence-corrected chi connectivity index (χ1v) is 6.70. The lowest BCUT2D eigenvalue weighted by Gasteiger charge is -2.38. The summed E-state index contributed by atoms with van der Waals surface area (Å²) in [6.45, 7) is 5.79. The Morgan fingerprint density at radius 3 is 2.90 bits per heavy atom. The number of rotatable bonds is 3. The minimum atomic E-state index is -0.387. The summed E-state index contributed by atoms with van der Waals surface area (Å²) in [5.74, 6) is -0.442. The van der Waals surface area contributed by atoms with E-state index in [0.29, 0.717) is 18.2 Å². The number of benzene rings is 1. The molecule has 1 saturated heterocycles. The summed E-state index contributed by atoms with van der Waals surface area (Å²) in [6.07, 6.45) is 0. The van der Waals surface area contributed by atoms with E-state index in [0.717, 1.165) is 25.2 Å². The first-order chi connectivity index (χ1) is 9.51. The molecular weight excluding hydrogens is 259 g/mol. The summed E-state index contributed by atoms with van der Waals surface area (Å²) < 4.78 is 13.3. The van der Waals surface area contributed by atoms with Crippen molar-refractivity contribution in [2.75, 3.05) is 26.7 Å². The van der Waals surface area contributed by atoms with Crippen LogP contribution in [0, 0.1) is 5.82 Å². The Morgan fingerprint density at radius 1 is 1.50 bits per heavy atom. The molecule has 110 valence electrons. The smallest absolute Gasteiger partial charge is 0.170 e. The van der Waals surface area contributed by atoms with E-state index in [1.807, 2.05) is 0 Å². The molecule has 0 aliphatic carbocycles. The third kappa shape index (κ3) is 3.26. The van der Waals surface area contributed by atoms with Crippen molar-refractivity contribution in [1.82, 2.24) is 9.80 Å². The lowest BCUT2D eigenvalue weighted by molar-refractivity contribution is 0.0937. The number of nitrogens with two attached hydrogens (primary N) is 1. The molecule has 1 unspecified atom stereocenters. The maximum atomic E-state index is 13.3. The minimum absolute atomic E-state index is 0.0544. The van der Waals surface area contributed by atoms with Gasteiger partial charge < -0.3 is 15.8 Å². The van der Waals surface area contributed by atoms with E-state index in [9.17, 15) is 4.39 Å². The quantitative estimate of drug-likeness (QED) is 0.376. The van der Waals surface area contributed by atoms with Crippen molar-refractivity contribution in [2.45, 2.75) is 19.5 Å². The van der Waals surface area contributed by atoms with E-state index < -0.39 is 0 Å². The number of oxime groups is 1. The molecule has 0 bridgehead atoms. The molecule has 0 aromatic heterocycles. The van der Waals surface area contributed by atoms with E-state index in [1.54, 1.807) is 6.07 Å². The number of hydrogen-bond donors (Lipinski definition) is 2. The second kappa shape index (κ2) is 6.19. The molecule has 0 saturated carbocycles. The van der Waals surface area contributed by atoms with Gasteiger partial charge in [-0.1, -0.05) is 11.2 Å². The summed E-state index contributed by atoms with van der Waals surface area (Å²) >= 11 is 0. The molecule has 1 heterocycles. The van der Waals surface area contributed by atoms with Crippen LogP contribution >= 0.6 is 0 Å². The highest BCUT2D eigenvalue weighted by Crippen LogP contribution is 2.17. The van der Waals surface area contributed by atoms with E-state index in [-0.39, 0.29) is 11.7 Å². The number of hydrogen-bond acceptors (Lipinski definition) is 4. The lowest BCUT2D eigenvalue weighted by Crippen LogP contribution is -2.49. The van der Waals surface area contributed by atoms with Crippen molar-refractivity contribution in [1.29, 1.82) is 0 Å². The van der Waals surface area contributed by atoms with Gasteiger partial charge in [-0.05, 0) is 31.7 Å². The molecule has 0 spiro atoms. The monoisotopic (exact) mass is 280 g/mol. The molecule has 20 heavy (non-hydrogen) atoms. The second-order valence-corrected chi connectivity index (χ2v) is 5.37. The number of amidine groups is 1. The fourth-order valence-corrected chi connectivity index (χ4v) is 2.61. The van der Waals surface area contributed by atoms with Gasteiger partial charge in [0.05, 0.1) is 0 Å². The Morgan fingerprint density at radius 2 is 2.25 bits per heavy atom. The van der Waals surface area contributed by atoms with Crippen LogP contribution < -0.4 is 5.73 Å². The molecular formula is C14H21FN4O. The average Bonchev–Trinajstić information content (AvgIpc) is 2.42. The Kier molecular flexibility index (Phi) is 4.57. The van der Waals surface area contributed by atoms with Crippen molar-refractivity contribution in [2.24, 2.45) is 10.9 Å². The highest BCUT2D eigenvalue weighted by atomic mass is 19.1. The number of likely N-dealkylation sites (N-methyl/N-ethyl adjacent to an activating group) is 1. The van der Waals surface area contributed by atoms with Crippen molar-refractivity contribution in [3.63, 3.8) is 0 Å². The van der Waals surface area contributed by atoms with Gasteiger partial charge >= 0.3 is 0 Å². The topological polar surface area (TPSA) is 65.1 Å². The van der Waals surface area contributed by atoms with Gasteiger partial charge in [0.25, 0.3) is 0 Å². The SMILES string of the molecule is CC1CN(C)CCN1Cc1ccc(F)cc1/C(N)=N/O. The van der Waals surface area contributed by atoms with Crippen LogP contribution in [0.5, 0.6) is 0 Å². The van der Waals surface area contributed by atoms with Gasteiger partial charge in [0.15, 0.2) is 5.84 Å². The normalized spacial score (nSPS) is 22.1. The lowest BCUT2D eigenvalue weighted by atomic mass is 10.0. The van der Waals surface area contributed by atoms with Gasteiger partial charge in [-0.3, -0.25) is 4.90 Å². The minimum Gasteiger partial charge on any atom is -0.409 e.